The fraction of sp³-hybridized carbons (Fsp3) is 0.0741. The van der Waals surface area contributed by atoms with Crippen molar-refractivity contribution in [2.24, 2.45) is 0 Å². The van der Waals surface area contributed by atoms with Crippen LogP contribution in [0.2, 0.25) is 0 Å². The quantitative estimate of drug-likeness (QED) is 0.205. The van der Waals surface area contributed by atoms with E-state index < -0.39 is 23.7 Å². The van der Waals surface area contributed by atoms with Crippen LogP contribution in [0.15, 0.2) is 95.1 Å². The Balaban J connectivity index is 1.73. The van der Waals surface area contributed by atoms with Gasteiger partial charge >= 0.3 is 5.97 Å². The lowest BCUT2D eigenvalue weighted by molar-refractivity contribution is -0.132. The number of aliphatic hydroxyl groups is 1. The highest BCUT2D eigenvalue weighted by Crippen LogP contribution is 2.43. The van der Waals surface area contributed by atoms with E-state index in [1.165, 1.54) is 24.3 Å². The Kier molecular flexibility index (Phi) is 5.22. The van der Waals surface area contributed by atoms with Crippen LogP contribution in [0.1, 0.15) is 27.7 Å². The zero-order valence-electron chi connectivity index (χ0n) is 18.1. The molecule has 0 saturated carbocycles. The molecule has 168 valence electrons. The van der Waals surface area contributed by atoms with E-state index in [1.54, 1.807) is 42.5 Å². The van der Waals surface area contributed by atoms with Crippen LogP contribution in [0.3, 0.4) is 0 Å². The highest BCUT2D eigenvalue weighted by Gasteiger charge is 2.48. The summed E-state index contributed by atoms with van der Waals surface area (Å²) in [4.78, 5) is 39.8. The normalized spacial score (nSPS) is 17.3. The van der Waals surface area contributed by atoms with E-state index in [-0.39, 0.29) is 16.9 Å². The predicted octanol–water partition coefficient (Wildman–Crippen LogP) is 4.85. The number of ether oxygens (including phenoxy) is 1. The van der Waals surface area contributed by atoms with Gasteiger partial charge in [0, 0.05) is 11.3 Å². The molecule has 1 atom stereocenters. The second kappa shape index (κ2) is 8.37. The van der Waals surface area contributed by atoms with E-state index in [0.29, 0.717) is 17.0 Å². The Labute approximate surface area is 194 Å². The molecule has 2 heterocycles. The third-order valence-corrected chi connectivity index (χ3v) is 5.85. The number of amides is 1. The van der Waals surface area contributed by atoms with Crippen LogP contribution >= 0.6 is 0 Å². The third-order valence-electron chi connectivity index (χ3n) is 5.85. The van der Waals surface area contributed by atoms with Crippen molar-refractivity contribution >= 4 is 39.9 Å². The monoisotopic (exact) mass is 453 g/mol. The topological polar surface area (TPSA) is 97.0 Å². The molecular weight excluding hydrogens is 434 g/mol. The number of hydrogen-bond acceptors (Lipinski definition) is 6. The highest BCUT2D eigenvalue weighted by molar-refractivity contribution is 6.51. The Bertz CT molecular complexity index is 1460. The molecule has 0 spiro atoms. The van der Waals surface area contributed by atoms with Crippen LogP contribution in [-0.2, 0) is 14.3 Å². The Morgan fingerprint density at radius 2 is 1.74 bits per heavy atom. The number of furan rings is 1. The van der Waals surface area contributed by atoms with Crippen LogP contribution in [0.25, 0.3) is 16.5 Å². The first kappa shape index (κ1) is 21.2. The molecule has 1 amide bonds. The molecule has 1 fully saturated rings. The summed E-state index contributed by atoms with van der Waals surface area (Å²) in [6.07, 6.45) is 1.43. The molecule has 1 N–H and O–H groups in total. The minimum Gasteiger partial charge on any atom is -0.507 e. The van der Waals surface area contributed by atoms with Crippen LogP contribution in [0, 0.1) is 0 Å². The van der Waals surface area contributed by atoms with Crippen molar-refractivity contribution in [2.75, 3.05) is 12.0 Å². The molecule has 1 aromatic heterocycles. The smallest absolute Gasteiger partial charge is 0.337 e. The summed E-state index contributed by atoms with van der Waals surface area (Å²) >= 11 is 0. The number of benzene rings is 3. The highest BCUT2D eigenvalue weighted by atomic mass is 16.5. The number of fused-ring (bicyclic) bond motifs is 1. The van der Waals surface area contributed by atoms with E-state index in [2.05, 4.69) is 0 Å². The summed E-state index contributed by atoms with van der Waals surface area (Å²) < 4.78 is 10.4. The van der Waals surface area contributed by atoms with E-state index in [9.17, 15) is 19.5 Å². The van der Waals surface area contributed by atoms with Gasteiger partial charge in [-0.25, -0.2) is 4.79 Å². The molecule has 0 radical (unpaired) electrons. The van der Waals surface area contributed by atoms with Gasteiger partial charge in [0.1, 0.15) is 17.6 Å². The van der Waals surface area contributed by atoms with E-state index in [4.69, 9.17) is 9.15 Å². The standard InChI is InChI=1S/C27H19NO6/c1-33-27(32)17-9-4-10-18(15-17)28-23(21-13-6-14-34-21)22(25(30)26(28)31)24(29)20-12-5-8-16-7-2-3-11-19(16)20/h2-15,23,29H,1H3/b24-22-. The van der Waals surface area contributed by atoms with Crippen LogP contribution in [0.5, 0.6) is 0 Å². The molecule has 1 aliphatic heterocycles. The van der Waals surface area contributed by atoms with Gasteiger partial charge in [-0.2, -0.15) is 0 Å². The first-order valence-corrected chi connectivity index (χ1v) is 10.5. The SMILES string of the molecule is COC(=O)c1cccc(N2C(=O)C(=O)/C(=C(\O)c3cccc4ccccc34)C2c2ccco2)c1. The molecule has 7 nitrogen and oxygen atoms in total. The Hall–Kier alpha value is -4.65. The summed E-state index contributed by atoms with van der Waals surface area (Å²) in [5, 5.41) is 13.0. The van der Waals surface area contributed by atoms with Crippen molar-refractivity contribution in [1.29, 1.82) is 0 Å². The van der Waals surface area contributed by atoms with Gasteiger partial charge in [-0.05, 0) is 41.1 Å². The lowest BCUT2D eigenvalue weighted by Gasteiger charge is -2.23. The first-order valence-electron chi connectivity index (χ1n) is 10.5. The van der Waals surface area contributed by atoms with Crippen LogP contribution in [-0.4, -0.2) is 29.9 Å². The maximum atomic E-state index is 13.3. The van der Waals surface area contributed by atoms with E-state index >= 15 is 0 Å². The number of carbonyl (C=O) groups excluding carboxylic acids is 3. The fourth-order valence-corrected chi connectivity index (χ4v) is 4.29. The minimum atomic E-state index is -1.03. The zero-order valence-corrected chi connectivity index (χ0v) is 18.1. The van der Waals surface area contributed by atoms with Gasteiger partial charge in [-0.3, -0.25) is 14.5 Å². The number of hydrogen-bond donors (Lipinski definition) is 1. The molecule has 5 rings (SSSR count). The average Bonchev–Trinajstić information content (AvgIpc) is 3.49. The van der Waals surface area contributed by atoms with Gasteiger partial charge in [-0.15, -0.1) is 0 Å². The molecule has 0 bridgehead atoms. The molecule has 4 aromatic rings. The number of rotatable bonds is 4. The van der Waals surface area contributed by atoms with E-state index in [0.717, 1.165) is 10.8 Å². The lowest BCUT2D eigenvalue weighted by atomic mass is 9.96. The number of carbonyl (C=O) groups is 3. The van der Waals surface area contributed by atoms with E-state index in [1.807, 2.05) is 30.3 Å². The van der Waals surface area contributed by atoms with Crippen molar-refractivity contribution in [1.82, 2.24) is 0 Å². The van der Waals surface area contributed by atoms with Gasteiger partial charge in [0.05, 0.1) is 24.5 Å². The second-order valence-corrected chi connectivity index (χ2v) is 7.75. The molecule has 3 aromatic carbocycles. The maximum Gasteiger partial charge on any atom is 0.337 e. The van der Waals surface area contributed by atoms with Crippen molar-refractivity contribution in [2.45, 2.75) is 6.04 Å². The second-order valence-electron chi connectivity index (χ2n) is 7.75. The molecule has 1 aliphatic rings. The third kappa shape index (κ3) is 3.34. The van der Waals surface area contributed by atoms with Gasteiger partial charge in [-0.1, -0.05) is 48.5 Å². The molecule has 1 unspecified atom stereocenters. The summed E-state index contributed by atoms with van der Waals surface area (Å²) in [6, 6.07) is 21.2. The van der Waals surface area contributed by atoms with Crippen molar-refractivity contribution in [3.63, 3.8) is 0 Å². The van der Waals surface area contributed by atoms with Gasteiger partial charge in [0.25, 0.3) is 11.7 Å². The summed E-state index contributed by atoms with van der Waals surface area (Å²) in [6.45, 7) is 0. The number of esters is 1. The van der Waals surface area contributed by atoms with Crippen LogP contribution < -0.4 is 4.90 Å². The number of methoxy groups -OCH3 is 1. The first-order chi connectivity index (χ1) is 16.5. The summed E-state index contributed by atoms with van der Waals surface area (Å²) in [5.74, 6) is -2.28. The molecule has 1 saturated heterocycles. The molecule has 34 heavy (non-hydrogen) atoms. The zero-order chi connectivity index (χ0) is 23.8. The fourth-order valence-electron chi connectivity index (χ4n) is 4.29. The molecule has 7 heteroatoms. The minimum absolute atomic E-state index is 0.0974. The predicted molar refractivity (Wildman–Crippen MR) is 125 cm³/mol. The van der Waals surface area contributed by atoms with Crippen LogP contribution in [0.4, 0.5) is 5.69 Å². The molecular formula is C27H19NO6. The largest absolute Gasteiger partial charge is 0.507 e. The Morgan fingerprint density at radius 1 is 0.971 bits per heavy atom. The number of nitrogens with zero attached hydrogens (tertiary/aromatic N) is 1. The van der Waals surface area contributed by atoms with Gasteiger partial charge in [0.2, 0.25) is 0 Å². The maximum absolute atomic E-state index is 13.3. The molecule has 0 aliphatic carbocycles. The number of Topliss-reactive ketones (excluding diaryl/α,β-unsaturated/α-hetero) is 1. The van der Waals surface area contributed by atoms with Crippen molar-refractivity contribution in [3.8, 4) is 0 Å². The van der Waals surface area contributed by atoms with Crippen molar-refractivity contribution in [3.05, 3.63) is 108 Å². The lowest BCUT2D eigenvalue weighted by Crippen LogP contribution is -2.29. The number of aliphatic hydroxyl groups excluding tert-OH is 1. The van der Waals surface area contributed by atoms with Crippen molar-refractivity contribution < 1.29 is 28.6 Å². The Morgan fingerprint density at radius 3 is 2.50 bits per heavy atom. The summed E-state index contributed by atoms with van der Waals surface area (Å²) in [7, 11) is 1.26. The van der Waals surface area contributed by atoms with Gasteiger partial charge < -0.3 is 14.3 Å². The summed E-state index contributed by atoms with van der Waals surface area (Å²) in [5.41, 5.74) is 0.841. The number of anilines is 1. The average molecular weight is 453 g/mol. The van der Waals surface area contributed by atoms with Gasteiger partial charge in [0.15, 0.2) is 0 Å². The number of ketones is 1.